The van der Waals surface area contributed by atoms with Crippen molar-refractivity contribution >= 4 is 10.0 Å². The van der Waals surface area contributed by atoms with Crippen LogP contribution in [0.15, 0.2) is 18.2 Å². The SMILES string of the molecule is Cc1nc([C@@H]2OCC[C@@H]2NS(=O)(=O)Cc2ccc(C)c(C)c2)n[nH]1. The summed E-state index contributed by atoms with van der Waals surface area (Å²) >= 11 is 0. The number of hydrogen-bond acceptors (Lipinski definition) is 5. The van der Waals surface area contributed by atoms with E-state index in [-0.39, 0.29) is 11.8 Å². The van der Waals surface area contributed by atoms with Crippen molar-refractivity contribution in [1.29, 1.82) is 0 Å². The maximum absolute atomic E-state index is 12.5. The minimum atomic E-state index is -3.48. The van der Waals surface area contributed by atoms with Crippen LogP contribution in [0.25, 0.3) is 0 Å². The minimum Gasteiger partial charge on any atom is -0.368 e. The van der Waals surface area contributed by atoms with Crippen LogP contribution in [0.2, 0.25) is 0 Å². The smallest absolute Gasteiger partial charge is 0.216 e. The van der Waals surface area contributed by atoms with Crippen LogP contribution in [-0.2, 0) is 20.5 Å². The zero-order valence-electron chi connectivity index (χ0n) is 14.0. The third-order valence-corrected chi connectivity index (χ3v) is 5.59. The summed E-state index contributed by atoms with van der Waals surface area (Å²) in [4.78, 5) is 4.25. The molecule has 1 aliphatic rings. The molecule has 2 atom stereocenters. The normalized spacial score (nSPS) is 21.3. The summed E-state index contributed by atoms with van der Waals surface area (Å²) in [5.74, 6) is 1.12. The van der Waals surface area contributed by atoms with Gasteiger partial charge in [0.15, 0.2) is 5.82 Å². The maximum atomic E-state index is 12.5. The molecular formula is C16H22N4O3S. The lowest BCUT2D eigenvalue weighted by atomic mass is 10.1. The molecule has 2 N–H and O–H groups in total. The van der Waals surface area contributed by atoms with Gasteiger partial charge in [-0.2, -0.15) is 5.10 Å². The molecule has 130 valence electrons. The van der Waals surface area contributed by atoms with Gasteiger partial charge in [0, 0.05) is 6.61 Å². The molecule has 0 saturated carbocycles. The van der Waals surface area contributed by atoms with E-state index in [1.807, 2.05) is 32.0 Å². The summed E-state index contributed by atoms with van der Waals surface area (Å²) in [7, 11) is -3.48. The number of hydrogen-bond donors (Lipinski definition) is 2. The first kappa shape index (κ1) is 17.1. The van der Waals surface area contributed by atoms with Crippen molar-refractivity contribution in [2.45, 2.75) is 45.1 Å². The highest BCUT2D eigenvalue weighted by Gasteiger charge is 2.35. The average molecular weight is 350 g/mol. The topological polar surface area (TPSA) is 97.0 Å². The maximum Gasteiger partial charge on any atom is 0.216 e. The van der Waals surface area contributed by atoms with Gasteiger partial charge in [-0.15, -0.1) is 0 Å². The second kappa shape index (κ2) is 6.62. The number of aromatic nitrogens is 3. The monoisotopic (exact) mass is 350 g/mol. The molecule has 1 aromatic heterocycles. The van der Waals surface area contributed by atoms with Crippen molar-refractivity contribution in [3.8, 4) is 0 Å². The number of sulfonamides is 1. The van der Waals surface area contributed by atoms with Crippen LogP contribution in [0.3, 0.4) is 0 Å². The van der Waals surface area contributed by atoms with Gasteiger partial charge in [-0.05, 0) is 43.9 Å². The number of nitrogens with one attached hydrogen (secondary N) is 2. The Kier molecular flexibility index (Phi) is 4.71. The van der Waals surface area contributed by atoms with Gasteiger partial charge in [-0.25, -0.2) is 18.1 Å². The molecule has 3 rings (SSSR count). The molecule has 0 aliphatic carbocycles. The zero-order valence-corrected chi connectivity index (χ0v) is 14.9. The van der Waals surface area contributed by atoms with Crippen LogP contribution in [0.5, 0.6) is 0 Å². The fourth-order valence-corrected chi connectivity index (χ4v) is 4.24. The van der Waals surface area contributed by atoms with Crippen LogP contribution in [0.1, 0.15) is 40.9 Å². The molecule has 2 aromatic rings. The highest BCUT2D eigenvalue weighted by molar-refractivity contribution is 7.88. The van der Waals surface area contributed by atoms with Crippen LogP contribution in [0, 0.1) is 20.8 Å². The van der Waals surface area contributed by atoms with Crippen molar-refractivity contribution in [1.82, 2.24) is 19.9 Å². The molecule has 0 bridgehead atoms. The number of aromatic amines is 1. The van der Waals surface area contributed by atoms with Gasteiger partial charge in [-0.3, -0.25) is 5.10 Å². The van der Waals surface area contributed by atoms with Gasteiger partial charge in [-0.1, -0.05) is 18.2 Å². The van der Waals surface area contributed by atoms with Crippen molar-refractivity contribution in [2.24, 2.45) is 0 Å². The Balaban J connectivity index is 1.72. The number of ether oxygens (including phenoxy) is 1. The predicted octanol–water partition coefficient (Wildman–Crippen LogP) is 1.68. The molecule has 0 unspecified atom stereocenters. The Morgan fingerprint density at radius 3 is 2.75 bits per heavy atom. The molecule has 1 aromatic carbocycles. The Morgan fingerprint density at radius 1 is 1.29 bits per heavy atom. The van der Waals surface area contributed by atoms with Crippen molar-refractivity contribution in [2.75, 3.05) is 6.61 Å². The average Bonchev–Trinajstić information content (AvgIpc) is 3.11. The summed E-state index contributed by atoms with van der Waals surface area (Å²) < 4.78 is 33.4. The summed E-state index contributed by atoms with van der Waals surface area (Å²) in [5.41, 5.74) is 3.00. The van der Waals surface area contributed by atoms with Crippen LogP contribution >= 0.6 is 0 Å². The van der Waals surface area contributed by atoms with Crippen LogP contribution in [0.4, 0.5) is 0 Å². The third-order valence-electron chi connectivity index (χ3n) is 4.22. The van der Waals surface area contributed by atoms with Gasteiger partial charge in [0.25, 0.3) is 0 Å². The Labute approximate surface area is 141 Å². The van der Waals surface area contributed by atoms with E-state index in [0.29, 0.717) is 24.7 Å². The fraction of sp³-hybridized carbons (Fsp3) is 0.500. The molecule has 1 fully saturated rings. The molecule has 24 heavy (non-hydrogen) atoms. The van der Waals surface area contributed by atoms with Crippen molar-refractivity contribution < 1.29 is 13.2 Å². The lowest BCUT2D eigenvalue weighted by Crippen LogP contribution is -2.37. The molecule has 7 nitrogen and oxygen atoms in total. The van der Waals surface area contributed by atoms with Gasteiger partial charge in [0.2, 0.25) is 10.0 Å². The Morgan fingerprint density at radius 2 is 2.08 bits per heavy atom. The van der Waals surface area contributed by atoms with Gasteiger partial charge in [0.05, 0.1) is 11.8 Å². The van der Waals surface area contributed by atoms with E-state index in [4.69, 9.17) is 4.74 Å². The lowest BCUT2D eigenvalue weighted by molar-refractivity contribution is 0.0957. The molecular weight excluding hydrogens is 328 g/mol. The zero-order chi connectivity index (χ0) is 17.3. The fourth-order valence-electron chi connectivity index (χ4n) is 2.84. The Bertz CT molecular complexity index is 832. The van der Waals surface area contributed by atoms with Gasteiger partial charge < -0.3 is 4.74 Å². The van der Waals surface area contributed by atoms with Crippen LogP contribution in [-0.4, -0.2) is 36.2 Å². The quantitative estimate of drug-likeness (QED) is 0.855. The number of rotatable bonds is 5. The molecule has 1 aliphatic heterocycles. The highest BCUT2D eigenvalue weighted by Crippen LogP contribution is 2.27. The first-order valence-electron chi connectivity index (χ1n) is 7.91. The van der Waals surface area contributed by atoms with E-state index in [0.717, 1.165) is 16.7 Å². The van der Waals surface area contributed by atoms with Gasteiger partial charge >= 0.3 is 0 Å². The van der Waals surface area contributed by atoms with E-state index in [1.165, 1.54) is 0 Å². The standard InChI is InChI=1S/C16H22N4O3S/c1-10-4-5-13(8-11(10)2)9-24(21,22)20-14-6-7-23-15(14)16-17-12(3)18-19-16/h4-5,8,14-15,20H,6-7,9H2,1-3H3,(H,17,18,19)/t14-,15+/m0/s1. The predicted molar refractivity (Wildman–Crippen MR) is 89.9 cm³/mol. The van der Waals surface area contributed by atoms with Crippen molar-refractivity contribution in [3.63, 3.8) is 0 Å². The van der Waals surface area contributed by atoms with E-state index in [1.54, 1.807) is 6.92 Å². The molecule has 0 amide bonds. The summed E-state index contributed by atoms with van der Waals surface area (Å²) in [5, 5.41) is 6.85. The lowest BCUT2D eigenvalue weighted by Gasteiger charge is -2.17. The minimum absolute atomic E-state index is 0.0512. The first-order valence-corrected chi connectivity index (χ1v) is 9.56. The van der Waals surface area contributed by atoms with E-state index in [2.05, 4.69) is 19.9 Å². The van der Waals surface area contributed by atoms with Gasteiger partial charge in [0.1, 0.15) is 11.9 Å². The summed E-state index contributed by atoms with van der Waals surface area (Å²) in [6.07, 6.45) is 0.147. The molecule has 0 radical (unpaired) electrons. The molecule has 2 heterocycles. The third kappa shape index (κ3) is 3.82. The van der Waals surface area contributed by atoms with E-state index < -0.39 is 16.1 Å². The molecule has 1 saturated heterocycles. The molecule has 8 heteroatoms. The summed E-state index contributed by atoms with van der Waals surface area (Å²) in [6.45, 7) is 6.26. The second-order valence-electron chi connectivity index (χ2n) is 6.26. The van der Waals surface area contributed by atoms with E-state index >= 15 is 0 Å². The number of benzene rings is 1. The second-order valence-corrected chi connectivity index (χ2v) is 8.01. The van der Waals surface area contributed by atoms with Crippen molar-refractivity contribution in [3.05, 3.63) is 46.5 Å². The Hall–Kier alpha value is -1.77. The number of nitrogens with zero attached hydrogens (tertiary/aromatic N) is 2. The largest absolute Gasteiger partial charge is 0.368 e. The highest BCUT2D eigenvalue weighted by atomic mass is 32.2. The first-order chi connectivity index (χ1) is 11.3. The number of aryl methyl sites for hydroxylation is 3. The number of H-pyrrole nitrogens is 1. The van der Waals surface area contributed by atoms with Crippen LogP contribution < -0.4 is 4.72 Å². The molecule has 0 spiro atoms. The summed E-state index contributed by atoms with van der Waals surface area (Å²) in [6, 6.07) is 5.35. The van der Waals surface area contributed by atoms with E-state index in [9.17, 15) is 8.42 Å².